The number of benzene rings is 1. The van der Waals surface area contributed by atoms with E-state index >= 15 is 0 Å². The molecule has 1 fully saturated rings. The van der Waals surface area contributed by atoms with Crippen LogP contribution in [0.25, 0.3) is 11.1 Å². The summed E-state index contributed by atoms with van der Waals surface area (Å²) in [4.78, 5) is 3.58. The van der Waals surface area contributed by atoms with Crippen LogP contribution in [0.1, 0.15) is 35.4 Å². The highest BCUT2D eigenvalue weighted by Gasteiger charge is 2.53. The van der Waals surface area contributed by atoms with Gasteiger partial charge < -0.3 is 4.98 Å². The van der Waals surface area contributed by atoms with Gasteiger partial charge in [0, 0.05) is 22.4 Å². The lowest BCUT2D eigenvalue weighted by Crippen LogP contribution is -2.05. The second kappa shape index (κ2) is 2.42. The van der Waals surface area contributed by atoms with Crippen molar-refractivity contribution >= 4 is 0 Å². The van der Waals surface area contributed by atoms with Crippen LogP contribution in [0.15, 0.2) is 24.3 Å². The molecular weight excluding hydrogens is 194 g/mol. The van der Waals surface area contributed by atoms with Crippen LogP contribution in [0.4, 0.5) is 0 Å². The van der Waals surface area contributed by atoms with E-state index in [-0.39, 0.29) is 0 Å². The Balaban J connectivity index is 2.10. The second-order valence-electron chi connectivity index (χ2n) is 5.37. The predicted molar refractivity (Wildman–Crippen MR) is 65.7 cm³/mol. The van der Waals surface area contributed by atoms with E-state index in [9.17, 15) is 0 Å². The number of aromatic nitrogens is 1. The van der Waals surface area contributed by atoms with E-state index in [0.717, 1.165) is 0 Å². The van der Waals surface area contributed by atoms with Gasteiger partial charge in [-0.15, -0.1) is 0 Å². The number of aromatic amines is 1. The molecule has 1 heteroatoms. The van der Waals surface area contributed by atoms with Gasteiger partial charge in [-0.2, -0.15) is 0 Å². The van der Waals surface area contributed by atoms with Gasteiger partial charge in [0.25, 0.3) is 0 Å². The van der Waals surface area contributed by atoms with Crippen molar-refractivity contribution in [2.24, 2.45) is 0 Å². The first kappa shape index (κ1) is 8.63. The highest BCUT2D eigenvalue weighted by Crippen LogP contribution is 2.62. The SMILES string of the molecule is Cc1ccc2c(c1)C1(CC1)c1[nH]c(C)cc1-2. The van der Waals surface area contributed by atoms with Gasteiger partial charge in [-0.25, -0.2) is 0 Å². The average molecular weight is 209 g/mol. The lowest BCUT2D eigenvalue weighted by Gasteiger charge is -2.10. The lowest BCUT2D eigenvalue weighted by atomic mass is 9.95. The third-order valence-electron chi connectivity index (χ3n) is 4.16. The third kappa shape index (κ3) is 0.835. The van der Waals surface area contributed by atoms with E-state index < -0.39 is 0 Å². The van der Waals surface area contributed by atoms with Gasteiger partial charge in [0.15, 0.2) is 0 Å². The number of nitrogens with one attached hydrogen (secondary N) is 1. The van der Waals surface area contributed by atoms with Gasteiger partial charge in [-0.1, -0.05) is 23.8 Å². The van der Waals surface area contributed by atoms with Crippen LogP contribution in [-0.4, -0.2) is 4.98 Å². The minimum atomic E-state index is 0.366. The molecule has 1 saturated carbocycles. The van der Waals surface area contributed by atoms with Crippen molar-refractivity contribution in [2.45, 2.75) is 32.1 Å². The molecule has 80 valence electrons. The van der Waals surface area contributed by atoms with Crippen LogP contribution in [0, 0.1) is 13.8 Å². The van der Waals surface area contributed by atoms with Crippen LogP contribution in [0.3, 0.4) is 0 Å². The number of aryl methyl sites for hydroxylation is 2. The van der Waals surface area contributed by atoms with Crippen LogP contribution >= 0.6 is 0 Å². The minimum absolute atomic E-state index is 0.366. The summed E-state index contributed by atoms with van der Waals surface area (Å²) in [5.41, 5.74) is 8.99. The van der Waals surface area contributed by atoms with Crippen LogP contribution in [0.2, 0.25) is 0 Å². The van der Waals surface area contributed by atoms with E-state index in [1.54, 1.807) is 5.56 Å². The molecule has 0 bridgehead atoms. The third-order valence-corrected chi connectivity index (χ3v) is 4.16. The molecule has 1 aromatic heterocycles. The molecule has 0 saturated heterocycles. The maximum absolute atomic E-state index is 3.58. The minimum Gasteiger partial charge on any atom is -0.361 e. The molecule has 0 amide bonds. The molecule has 1 nitrogen and oxygen atoms in total. The van der Waals surface area contributed by atoms with Gasteiger partial charge in [-0.05, 0) is 43.9 Å². The summed E-state index contributed by atoms with van der Waals surface area (Å²) in [6.45, 7) is 4.34. The highest BCUT2D eigenvalue weighted by molar-refractivity contribution is 5.82. The van der Waals surface area contributed by atoms with E-state index in [2.05, 4.69) is 43.1 Å². The molecule has 2 aliphatic carbocycles. The van der Waals surface area contributed by atoms with E-state index in [0.29, 0.717) is 5.41 Å². The molecule has 2 aliphatic rings. The molecule has 0 aliphatic heterocycles. The van der Waals surface area contributed by atoms with E-state index in [1.807, 2.05) is 0 Å². The number of fused-ring (bicyclic) bond motifs is 5. The fourth-order valence-electron chi connectivity index (χ4n) is 3.25. The Labute approximate surface area is 95.5 Å². The Morgan fingerprint density at radius 2 is 1.88 bits per heavy atom. The van der Waals surface area contributed by atoms with Crippen LogP contribution in [-0.2, 0) is 5.41 Å². The zero-order chi connectivity index (χ0) is 10.9. The van der Waals surface area contributed by atoms with Gasteiger partial charge in [0.1, 0.15) is 0 Å². The molecule has 16 heavy (non-hydrogen) atoms. The molecule has 1 aromatic carbocycles. The highest BCUT2D eigenvalue weighted by atomic mass is 14.8. The Morgan fingerprint density at radius 1 is 1.06 bits per heavy atom. The molecular formula is C15H15N. The van der Waals surface area contributed by atoms with Crippen molar-refractivity contribution in [3.63, 3.8) is 0 Å². The molecule has 0 unspecified atom stereocenters. The second-order valence-corrected chi connectivity index (χ2v) is 5.37. The normalized spacial score (nSPS) is 18.6. The van der Waals surface area contributed by atoms with Crippen LogP contribution < -0.4 is 0 Å². The number of hydrogen-bond acceptors (Lipinski definition) is 0. The number of H-pyrrole nitrogens is 1. The summed E-state index contributed by atoms with van der Waals surface area (Å²) < 4.78 is 0. The van der Waals surface area contributed by atoms with Crippen molar-refractivity contribution in [1.82, 2.24) is 4.98 Å². The molecule has 1 N–H and O–H groups in total. The van der Waals surface area contributed by atoms with Gasteiger partial charge in [0.05, 0.1) is 0 Å². The topological polar surface area (TPSA) is 15.8 Å². The molecule has 1 spiro atoms. The predicted octanol–water partition coefficient (Wildman–Crippen LogP) is 3.69. The number of rotatable bonds is 0. The molecule has 2 aromatic rings. The average Bonchev–Trinajstić information content (AvgIpc) is 2.91. The monoisotopic (exact) mass is 209 g/mol. The number of hydrogen-bond donors (Lipinski definition) is 1. The summed E-state index contributed by atoms with van der Waals surface area (Å²) in [6.07, 6.45) is 2.63. The Bertz CT molecular complexity index is 600. The first-order valence-electron chi connectivity index (χ1n) is 6.02. The standard InChI is InChI=1S/C15H15N/c1-9-3-4-11-12-8-10(2)16-14(12)15(5-6-15)13(11)7-9/h3-4,7-8,16H,5-6H2,1-2H3. The fraction of sp³-hybridized carbons (Fsp3) is 0.333. The lowest BCUT2D eigenvalue weighted by molar-refractivity contribution is 0.834. The van der Waals surface area contributed by atoms with E-state index in [1.165, 1.54) is 40.9 Å². The van der Waals surface area contributed by atoms with E-state index in [4.69, 9.17) is 0 Å². The van der Waals surface area contributed by atoms with Crippen molar-refractivity contribution in [3.8, 4) is 11.1 Å². The largest absolute Gasteiger partial charge is 0.361 e. The zero-order valence-corrected chi connectivity index (χ0v) is 9.72. The molecule has 0 atom stereocenters. The molecule has 1 heterocycles. The first-order valence-corrected chi connectivity index (χ1v) is 6.02. The first-order chi connectivity index (χ1) is 7.71. The summed E-state index contributed by atoms with van der Waals surface area (Å²) in [5.74, 6) is 0. The quantitative estimate of drug-likeness (QED) is 0.681. The van der Waals surface area contributed by atoms with Crippen molar-refractivity contribution in [3.05, 3.63) is 46.8 Å². The summed E-state index contributed by atoms with van der Waals surface area (Å²) >= 11 is 0. The zero-order valence-electron chi connectivity index (χ0n) is 9.72. The van der Waals surface area contributed by atoms with Crippen LogP contribution in [0.5, 0.6) is 0 Å². The maximum atomic E-state index is 3.58. The van der Waals surface area contributed by atoms with Gasteiger partial charge in [0.2, 0.25) is 0 Å². The summed E-state index contributed by atoms with van der Waals surface area (Å²) in [5, 5.41) is 0. The summed E-state index contributed by atoms with van der Waals surface area (Å²) in [6, 6.07) is 9.21. The summed E-state index contributed by atoms with van der Waals surface area (Å²) in [7, 11) is 0. The van der Waals surface area contributed by atoms with Crippen molar-refractivity contribution in [1.29, 1.82) is 0 Å². The molecule has 4 rings (SSSR count). The Hall–Kier alpha value is -1.50. The van der Waals surface area contributed by atoms with Crippen molar-refractivity contribution in [2.75, 3.05) is 0 Å². The smallest absolute Gasteiger partial charge is 0.0366 e. The Kier molecular flexibility index (Phi) is 1.31. The fourth-order valence-corrected chi connectivity index (χ4v) is 3.25. The Morgan fingerprint density at radius 3 is 2.62 bits per heavy atom. The maximum Gasteiger partial charge on any atom is 0.0366 e. The van der Waals surface area contributed by atoms with Gasteiger partial charge in [-0.3, -0.25) is 0 Å². The van der Waals surface area contributed by atoms with Crippen molar-refractivity contribution < 1.29 is 0 Å². The molecule has 0 radical (unpaired) electrons. The van der Waals surface area contributed by atoms with Gasteiger partial charge >= 0.3 is 0 Å².